The van der Waals surface area contributed by atoms with Crippen molar-refractivity contribution in [3.8, 4) is 17.3 Å². The van der Waals surface area contributed by atoms with Crippen molar-refractivity contribution in [1.82, 2.24) is 15.0 Å². The van der Waals surface area contributed by atoms with Crippen molar-refractivity contribution in [3.63, 3.8) is 0 Å². The SMILES string of the molecule is Cc1ccc(-c2nc3nc(O[C@H]4CC[C@H](CO)[C@@H](O)C4)[nH]c3cc2Cl)cc1. The van der Waals surface area contributed by atoms with Crippen molar-refractivity contribution >= 4 is 22.8 Å². The number of aliphatic hydroxyl groups is 2. The summed E-state index contributed by atoms with van der Waals surface area (Å²) in [4.78, 5) is 12.1. The number of aromatic amines is 1. The van der Waals surface area contributed by atoms with Crippen molar-refractivity contribution in [2.75, 3.05) is 6.61 Å². The fourth-order valence-corrected chi connectivity index (χ4v) is 3.78. The number of ether oxygens (including phenoxy) is 1. The lowest BCUT2D eigenvalue weighted by atomic mass is 9.85. The van der Waals surface area contributed by atoms with Gasteiger partial charge in [-0.05, 0) is 25.8 Å². The molecule has 0 amide bonds. The number of rotatable bonds is 4. The molecule has 1 fully saturated rings. The highest BCUT2D eigenvalue weighted by Crippen LogP contribution is 2.31. The second kappa shape index (κ2) is 7.46. The van der Waals surface area contributed by atoms with Crippen LogP contribution in [-0.2, 0) is 0 Å². The molecule has 1 aliphatic rings. The monoisotopic (exact) mass is 387 g/mol. The van der Waals surface area contributed by atoms with Gasteiger partial charge in [-0.15, -0.1) is 0 Å². The average molecular weight is 388 g/mol. The Morgan fingerprint density at radius 1 is 1.22 bits per heavy atom. The number of aryl methyl sites for hydroxylation is 1. The van der Waals surface area contributed by atoms with Crippen LogP contribution in [0.25, 0.3) is 22.4 Å². The minimum atomic E-state index is -0.557. The molecular formula is C20H22ClN3O3. The first kappa shape index (κ1) is 18.2. The van der Waals surface area contributed by atoms with Crippen LogP contribution in [0.15, 0.2) is 30.3 Å². The number of halogens is 1. The Morgan fingerprint density at radius 2 is 2.00 bits per heavy atom. The van der Waals surface area contributed by atoms with Crippen LogP contribution in [0.3, 0.4) is 0 Å². The summed E-state index contributed by atoms with van der Waals surface area (Å²) in [5, 5.41) is 19.9. The number of pyridine rings is 1. The Morgan fingerprint density at radius 3 is 2.70 bits per heavy atom. The summed E-state index contributed by atoms with van der Waals surface area (Å²) in [6.07, 6.45) is 1.27. The molecule has 0 aliphatic heterocycles. The van der Waals surface area contributed by atoms with Gasteiger partial charge in [0.2, 0.25) is 0 Å². The van der Waals surface area contributed by atoms with E-state index in [1.54, 1.807) is 6.07 Å². The van der Waals surface area contributed by atoms with E-state index in [-0.39, 0.29) is 18.6 Å². The van der Waals surface area contributed by atoms with Gasteiger partial charge in [0.15, 0.2) is 5.65 Å². The van der Waals surface area contributed by atoms with Gasteiger partial charge in [-0.2, -0.15) is 4.98 Å². The maximum atomic E-state index is 10.1. The first-order chi connectivity index (χ1) is 13.0. The number of fused-ring (bicyclic) bond motifs is 1. The molecule has 1 aliphatic carbocycles. The molecule has 1 aromatic carbocycles. The Bertz CT molecular complexity index is 942. The third kappa shape index (κ3) is 3.78. The van der Waals surface area contributed by atoms with Crippen molar-refractivity contribution in [1.29, 1.82) is 0 Å². The minimum absolute atomic E-state index is 0.00271. The second-order valence-corrected chi connectivity index (χ2v) is 7.57. The van der Waals surface area contributed by atoms with Gasteiger partial charge >= 0.3 is 0 Å². The lowest BCUT2D eigenvalue weighted by Gasteiger charge is -2.31. The van der Waals surface area contributed by atoms with Crippen LogP contribution < -0.4 is 4.74 Å². The lowest BCUT2D eigenvalue weighted by molar-refractivity contribution is -0.0113. The highest BCUT2D eigenvalue weighted by molar-refractivity contribution is 6.33. The summed E-state index contributed by atoms with van der Waals surface area (Å²) in [7, 11) is 0. The molecule has 0 spiro atoms. The van der Waals surface area contributed by atoms with E-state index in [1.807, 2.05) is 31.2 Å². The predicted molar refractivity (Wildman–Crippen MR) is 104 cm³/mol. The average Bonchev–Trinajstić information content (AvgIpc) is 3.03. The number of H-pyrrole nitrogens is 1. The first-order valence-corrected chi connectivity index (χ1v) is 9.50. The van der Waals surface area contributed by atoms with Gasteiger partial charge in [0.05, 0.1) is 22.3 Å². The smallest absolute Gasteiger partial charge is 0.296 e. The molecular weight excluding hydrogens is 366 g/mol. The number of nitrogens with zero attached hydrogens (tertiary/aromatic N) is 2. The Hall–Kier alpha value is -2.15. The van der Waals surface area contributed by atoms with E-state index in [4.69, 9.17) is 16.3 Å². The fourth-order valence-electron chi connectivity index (χ4n) is 3.52. The minimum Gasteiger partial charge on any atom is -0.461 e. The van der Waals surface area contributed by atoms with E-state index >= 15 is 0 Å². The van der Waals surface area contributed by atoms with Crippen LogP contribution in [0.2, 0.25) is 5.02 Å². The zero-order valence-electron chi connectivity index (χ0n) is 15.0. The van der Waals surface area contributed by atoms with Crippen molar-refractivity contribution in [2.24, 2.45) is 5.92 Å². The number of aromatic nitrogens is 3. The maximum Gasteiger partial charge on any atom is 0.296 e. The van der Waals surface area contributed by atoms with E-state index in [2.05, 4.69) is 15.0 Å². The molecule has 1 saturated carbocycles. The van der Waals surface area contributed by atoms with E-state index < -0.39 is 6.10 Å². The largest absolute Gasteiger partial charge is 0.461 e. The molecule has 0 saturated heterocycles. The lowest BCUT2D eigenvalue weighted by Crippen LogP contribution is -2.36. The molecule has 0 radical (unpaired) electrons. The Kier molecular flexibility index (Phi) is 5.04. The Balaban J connectivity index is 1.57. The van der Waals surface area contributed by atoms with Gasteiger partial charge in [0.1, 0.15) is 6.10 Å². The third-order valence-corrected chi connectivity index (χ3v) is 5.44. The van der Waals surface area contributed by atoms with Gasteiger partial charge in [-0.1, -0.05) is 41.4 Å². The topological polar surface area (TPSA) is 91.3 Å². The summed E-state index contributed by atoms with van der Waals surface area (Å²) >= 11 is 6.42. The molecule has 0 bridgehead atoms. The van der Waals surface area contributed by atoms with Crippen molar-refractivity contribution < 1.29 is 14.9 Å². The molecule has 3 N–H and O–H groups in total. The third-order valence-electron chi connectivity index (χ3n) is 5.15. The normalized spacial score (nSPS) is 22.9. The zero-order valence-corrected chi connectivity index (χ0v) is 15.8. The number of imidazole rings is 1. The number of aliphatic hydroxyl groups excluding tert-OH is 2. The van der Waals surface area contributed by atoms with E-state index in [0.717, 1.165) is 18.4 Å². The summed E-state index contributed by atoms with van der Waals surface area (Å²) in [6.45, 7) is 2.03. The van der Waals surface area contributed by atoms with E-state index in [9.17, 15) is 10.2 Å². The Labute approximate surface area is 162 Å². The summed E-state index contributed by atoms with van der Waals surface area (Å²) in [5.41, 5.74) is 4.03. The highest BCUT2D eigenvalue weighted by atomic mass is 35.5. The summed E-state index contributed by atoms with van der Waals surface area (Å²) in [5.74, 6) is -0.0712. The van der Waals surface area contributed by atoms with Crippen molar-refractivity contribution in [2.45, 2.75) is 38.4 Å². The summed E-state index contributed by atoms with van der Waals surface area (Å²) < 4.78 is 5.91. The van der Waals surface area contributed by atoms with E-state index in [1.165, 1.54) is 5.56 Å². The highest BCUT2D eigenvalue weighted by Gasteiger charge is 2.30. The number of nitrogens with one attached hydrogen (secondary N) is 1. The molecule has 3 atom stereocenters. The van der Waals surface area contributed by atoms with Gasteiger partial charge < -0.3 is 19.9 Å². The number of benzene rings is 1. The second-order valence-electron chi connectivity index (χ2n) is 7.16. The fraction of sp³-hybridized carbons (Fsp3) is 0.400. The molecule has 0 unspecified atom stereocenters. The molecule has 3 aromatic rings. The van der Waals surface area contributed by atoms with Gasteiger partial charge in [-0.25, -0.2) is 4.98 Å². The van der Waals surface area contributed by atoms with Gasteiger partial charge in [0, 0.05) is 24.5 Å². The standard InChI is InChI=1S/C20H22ClN3O3/c1-11-2-4-12(5-3-11)18-15(21)9-16-19(23-18)24-20(22-16)27-14-7-6-13(10-25)17(26)8-14/h2-5,9,13-14,17,25-26H,6-8,10H2,1H3,(H,22,23,24)/t13-,14+,17+/m1/s1. The summed E-state index contributed by atoms with van der Waals surface area (Å²) in [6, 6.07) is 10.2. The predicted octanol–water partition coefficient (Wildman–Crippen LogP) is 3.49. The molecule has 2 aromatic heterocycles. The molecule has 4 rings (SSSR count). The zero-order chi connectivity index (χ0) is 19.0. The van der Waals surface area contributed by atoms with Crippen LogP contribution in [0, 0.1) is 12.8 Å². The quantitative estimate of drug-likeness (QED) is 0.637. The van der Waals surface area contributed by atoms with Crippen molar-refractivity contribution in [3.05, 3.63) is 40.9 Å². The molecule has 7 heteroatoms. The number of hydrogen-bond donors (Lipinski definition) is 3. The first-order valence-electron chi connectivity index (χ1n) is 9.12. The molecule has 142 valence electrons. The van der Waals surface area contributed by atoms with Crippen LogP contribution in [0.4, 0.5) is 0 Å². The van der Waals surface area contributed by atoms with Gasteiger partial charge in [0.25, 0.3) is 6.01 Å². The van der Waals surface area contributed by atoms with Crippen LogP contribution in [0.1, 0.15) is 24.8 Å². The van der Waals surface area contributed by atoms with Crippen LogP contribution >= 0.6 is 11.6 Å². The number of hydrogen-bond acceptors (Lipinski definition) is 5. The van der Waals surface area contributed by atoms with Crippen LogP contribution in [-0.4, -0.2) is 44.0 Å². The van der Waals surface area contributed by atoms with Crippen LogP contribution in [0.5, 0.6) is 6.01 Å². The maximum absolute atomic E-state index is 10.1. The van der Waals surface area contributed by atoms with Gasteiger partial charge in [-0.3, -0.25) is 0 Å². The molecule has 27 heavy (non-hydrogen) atoms. The molecule has 6 nitrogen and oxygen atoms in total. The van der Waals surface area contributed by atoms with E-state index in [0.29, 0.717) is 34.3 Å². The molecule has 2 heterocycles.